The summed E-state index contributed by atoms with van der Waals surface area (Å²) in [6, 6.07) is 5.55. The van der Waals surface area contributed by atoms with Gasteiger partial charge in [0.2, 0.25) is 11.7 Å². The molecule has 0 aliphatic carbocycles. The lowest BCUT2D eigenvalue weighted by molar-refractivity contribution is 0.361. The van der Waals surface area contributed by atoms with Crippen LogP contribution in [0, 0.1) is 5.82 Å². The zero-order valence-corrected chi connectivity index (χ0v) is 11.9. The summed E-state index contributed by atoms with van der Waals surface area (Å²) in [5.74, 6) is 0.627. The fourth-order valence-electron chi connectivity index (χ4n) is 2.26. The molecule has 1 N–H and O–H groups in total. The lowest BCUT2D eigenvalue weighted by Gasteiger charge is -2.21. The summed E-state index contributed by atoms with van der Waals surface area (Å²) < 4.78 is 41.1. The fraction of sp³-hybridized carbons (Fsp3) is 0.385. The molecule has 1 aliphatic rings. The van der Waals surface area contributed by atoms with E-state index in [4.69, 9.17) is 4.52 Å². The Labute approximate surface area is 121 Å². The Morgan fingerprint density at radius 3 is 2.81 bits per heavy atom. The van der Waals surface area contributed by atoms with Gasteiger partial charge >= 0.3 is 0 Å². The van der Waals surface area contributed by atoms with Crippen LogP contribution in [0.4, 0.5) is 4.39 Å². The molecule has 1 unspecified atom stereocenters. The second kappa shape index (κ2) is 5.53. The van der Waals surface area contributed by atoms with Crippen LogP contribution >= 0.6 is 0 Å². The van der Waals surface area contributed by atoms with E-state index in [9.17, 15) is 12.8 Å². The van der Waals surface area contributed by atoms with Crippen LogP contribution < -0.4 is 5.32 Å². The SMILES string of the molecule is O=S1(=O)CCNC(Cc2nc(-c3ccc(F)cc3)no2)C1. The minimum Gasteiger partial charge on any atom is -0.339 e. The Morgan fingerprint density at radius 1 is 1.33 bits per heavy atom. The van der Waals surface area contributed by atoms with Gasteiger partial charge in [0.05, 0.1) is 11.5 Å². The van der Waals surface area contributed by atoms with Crippen molar-refractivity contribution in [2.24, 2.45) is 0 Å². The Balaban J connectivity index is 1.72. The molecule has 8 heteroatoms. The molecular formula is C13H14FN3O3S. The van der Waals surface area contributed by atoms with Crippen LogP contribution in [0.25, 0.3) is 11.4 Å². The second-order valence-corrected chi connectivity index (χ2v) is 7.22. The molecule has 0 saturated carbocycles. The van der Waals surface area contributed by atoms with Crippen molar-refractivity contribution >= 4 is 9.84 Å². The summed E-state index contributed by atoms with van der Waals surface area (Å²) in [7, 11) is -3.00. The quantitative estimate of drug-likeness (QED) is 0.902. The third-order valence-electron chi connectivity index (χ3n) is 3.29. The summed E-state index contributed by atoms with van der Waals surface area (Å²) >= 11 is 0. The van der Waals surface area contributed by atoms with E-state index in [1.807, 2.05) is 0 Å². The molecule has 1 atom stereocenters. The molecule has 6 nitrogen and oxygen atoms in total. The summed E-state index contributed by atoms with van der Waals surface area (Å²) in [5.41, 5.74) is 0.649. The monoisotopic (exact) mass is 311 g/mol. The maximum Gasteiger partial charge on any atom is 0.228 e. The first kappa shape index (κ1) is 14.2. The van der Waals surface area contributed by atoms with Crippen molar-refractivity contribution in [1.82, 2.24) is 15.5 Å². The molecule has 0 radical (unpaired) electrons. The van der Waals surface area contributed by atoms with Crippen LogP contribution in [0.15, 0.2) is 28.8 Å². The standard InChI is InChI=1S/C13H14FN3O3S/c14-10-3-1-9(2-4-10)13-16-12(20-17-13)7-11-8-21(18,19)6-5-15-11/h1-4,11,15H,5-8H2. The molecule has 0 spiro atoms. The number of nitrogens with one attached hydrogen (secondary N) is 1. The van der Waals surface area contributed by atoms with Gasteiger partial charge in [-0.1, -0.05) is 5.16 Å². The normalized spacial score (nSPS) is 21.3. The highest BCUT2D eigenvalue weighted by molar-refractivity contribution is 7.91. The first-order chi connectivity index (χ1) is 10.0. The molecule has 2 aromatic rings. The molecule has 1 aliphatic heterocycles. The molecule has 21 heavy (non-hydrogen) atoms. The van der Waals surface area contributed by atoms with Crippen molar-refractivity contribution in [2.75, 3.05) is 18.1 Å². The van der Waals surface area contributed by atoms with E-state index < -0.39 is 9.84 Å². The number of aromatic nitrogens is 2. The van der Waals surface area contributed by atoms with Crippen LogP contribution in [-0.2, 0) is 16.3 Å². The summed E-state index contributed by atoms with van der Waals surface area (Å²) in [4.78, 5) is 4.22. The average Bonchev–Trinajstić information content (AvgIpc) is 2.87. The number of hydrogen-bond donors (Lipinski definition) is 1. The maximum absolute atomic E-state index is 12.9. The Morgan fingerprint density at radius 2 is 2.10 bits per heavy atom. The van der Waals surface area contributed by atoms with Crippen LogP contribution in [0.3, 0.4) is 0 Å². The third kappa shape index (κ3) is 3.45. The van der Waals surface area contributed by atoms with E-state index in [2.05, 4.69) is 15.5 Å². The molecule has 1 aromatic carbocycles. The lowest BCUT2D eigenvalue weighted by Crippen LogP contribution is -2.46. The molecule has 3 rings (SSSR count). The average molecular weight is 311 g/mol. The van der Waals surface area contributed by atoms with Crippen molar-refractivity contribution < 1.29 is 17.3 Å². The number of hydrogen-bond acceptors (Lipinski definition) is 6. The summed E-state index contributed by atoms with van der Waals surface area (Å²) in [5, 5.41) is 6.96. The highest BCUT2D eigenvalue weighted by Gasteiger charge is 2.26. The topological polar surface area (TPSA) is 85.1 Å². The number of rotatable bonds is 3. The van der Waals surface area contributed by atoms with Crippen molar-refractivity contribution in [2.45, 2.75) is 12.5 Å². The predicted molar refractivity (Wildman–Crippen MR) is 73.8 cm³/mol. The van der Waals surface area contributed by atoms with Crippen LogP contribution in [0.1, 0.15) is 5.89 Å². The number of nitrogens with zero attached hydrogens (tertiary/aromatic N) is 2. The minimum atomic E-state index is -3.00. The van der Waals surface area contributed by atoms with Gasteiger partial charge in [-0.3, -0.25) is 0 Å². The van der Waals surface area contributed by atoms with E-state index in [0.29, 0.717) is 30.2 Å². The van der Waals surface area contributed by atoms with E-state index >= 15 is 0 Å². The molecule has 2 heterocycles. The molecule has 1 aromatic heterocycles. The van der Waals surface area contributed by atoms with E-state index in [0.717, 1.165) is 0 Å². The zero-order valence-electron chi connectivity index (χ0n) is 11.1. The highest BCUT2D eigenvalue weighted by atomic mass is 32.2. The Kier molecular flexibility index (Phi) is 3.73. The maximum atomic E-state index is 12.9. The first-order valence-electron chi connectivity index (χ1n) is 6.54. The Bertz CT molecular complexity index is 727. The van der Waals surface area contributed by atoms with Crippen molar-refractivity contribution in [1.29, 1.82) is 0 Å². The zero-order chi connectivity index (χ0) is 14.9. The van der Waals surface area contributed by atoms with E-state index in [-0.39, 0.29) is 23.4 Å². The largest absolute Gasteiger partial charge is 0.339 e. The van der Waals surface area contributed by atoms with Gasteiger partial charge in [-0.2, -0.15) is 4.98 Å². The van der Waals surface area contributed by atoms with Gasteiger partial charge in [0.15, 0.2) is 9.84 Å². The van der Waals surface area contributed by atoms with Gasteiger partial charge in [-0.15, -0.1) is 0 Å². The summed E-state index contributed by atoms with van der Waals surface area (Å²) in [6.45, 7) is 0.436. The van der Waals surface area contributed by atoms with Crippen LogP contribution in [-0.4, -0.2) is 42.7 Å². The van der Waals surface area contributed by atoms with Crippen molar-refractivity contribution in [3.8, 4) is 11.4 Å². The molecule has 112 valence electrons. The Hall–Kier alpha value is -1.80. The molecule has 1 fully saturated rings. The van der Waals surface area contributed by atoms with Gasteiger partial charge < -0.3 is 9.84 Å². The van der Waals surface area contributed by atoms with Crippen molar-refractivity contribution in [3.63, 3.8) is 0 Å². The molecular weight excluding hydrogens is 297 g/mol. The lowest BCUT2D eigenvalue weighted by atomic mass is 10.2. The van der Waals surface area contributed by atoms with Gasteiger partial charge in [-0.05, 0) is 24.3 Å². The number of benzene rings is 1. The van der Waals surface area contributed by atoms with E-state index in [1.165, 1.54) is 12.1 Å². The van der Waals surface area contributed by atoms with Gasteiger partial charge in [0.1, 0.15) is 5.82 Å². The van der Waals surface area contributed by atoms with E-state index in [1.54, 1.807) is 12.1 Å². The minimum absolute atomic E-state index is 0.0707. The first-order valence-corrected chi connectivity index (χ1v) is 8.36. The summed E-state index contributed by atoms with van der Waals surface area (Å²) in [6.07, 6.45) is 0.355. The highest BCUT2D eigenvalue weighted by Crippen LogP contribution is 2.17. The van der Waals surface area contributed by atoms with Gasteiger partial charge in [-0.25, -0.2) is 12.8 Å². The van der Waals surface area contributed by atoms with Crippen LogP contribution in [0.2, 0.25) is 0 Å². The molecule has 1 saturated heterocycles. The predicted octanol–water partition coefficient (Wildman–Crippen LogP) is 0.805. The number of sulfone groups is 1. The third-order valence-corrected chi connectivity index (χ3v) is 5.03. The smallest absolute Gasteiger partial charge is 0.228 e. The van der Waals surface area contributed by atoms with Gasteiger partial charge in [0.25, 0.3) is 0 Å². The molecule has 0 amide bonds. The second-order valence-electron chi connectivity index (χ2n) is 4.99. The fourth-order valence-corrected chi connectivity index (χ4v) is 3.71. The van der Waals surface area contributed by atoms with Crippen LogP contribution in [0.5, 0.6) is 0 Å². The van der Waals surface area contributed by atoms with Gasteiger partial charge in [0, 0.05) is 24.6 Å². The molecule has 0 bridgehead atoms. The number of halogens is 1. The van der Waals surface area contributed by atoms with Crippen molar-refractivity contribution in [3.05, 3.63) is 36.0 Å².